The highest BCUT2D eigenvalue weighted by atomic mass is 16.5. The molecule has 1 aromatic rings. The van der Waals surface area contributed by atoms with Gasteiger partial charge < -0.3 is 15.0 Å². The predicted molar refractivity (Wildman–Crippen MR) is 77.2 cm³/mol. The summed E-state index contributed by atoms with van der Waals surface area (Å²) in [6.45, 7) is 11.0. The highest BCUT2D eigenvalue weighted by Crippen LogP contribution is 2.16. The molecule has 3 nitrogen and oxygen atoms in total. The molecule has 0 spiro atoms. The fraction of sp³-hybridized carbons (Fsp3) is 0.600. The van der Waals surface area contributed by atoms with Crippen LogP contribution in [0, 0.1) is 0 Å². The number of benzene rings is 1. The second-order valence-corrected chi connectivity index (χ2v) is 4.48. The zero-order valence-corrected chi connectivity index (χ0v) is 12.1. The van der Waals surface area contributed by atoms with Gasteiger partial charge in [-0.2, -0.15) is 0 Å². The van der Waals surface area contributed by atoms with E-state index >= 15 is 0 Å². The van der Waals surface area contributed by atoms with Crippen molar-refractivity contribution in [2.75, 3.05) is 33.3 Å². The van der Waals surface area contributed by atoms with Crippen LogP contribution in [0.1, 0.15) is 32.4 Å². The average Bonchev–Trinajstić information content (AvgIpc) is 2.43. The quantitative estimate of drug-likeness (QED) is 0.767. The third-order valence-corrected chi connectivity index (χ3v) is 3.39. The van der Waals surface area contributed by atoms with E-state index in [0.29, 0.717) is 6.04 Å². The second-order valence-electron chi connectivity index (χ2n) is 4.48. The number of methoxy groups -OCH3 is 1. The molecule has 1 atom stereocenters. The van der Waals surface area contributed by atoms with Crippen molar-refractivity contribution >= 4 is 0 Å². The van der Waals surface area contributed by atoms with Crippen LogP contribution < -0.4 is 10.1 Å². The molecule has 3 heteroatoms. The molecule has 0 fully saturated rings. The SMILES string of the molecule is CCN(CC)CCN[C@@H](C)c1ccc(OC)cc1. The monoisotopic (exact) mass is 250 g/mol. The lowest BCUT2D eigenvalue weighted by Gasteiger charge is -2.20. The van der Waals surface area contributed by atoms with Gasteiger partial charge in [-0.3, -0.25) is 0 Å². The van der Waals surface area contributed by atoms with Gasteiger partial charge in [0.15, 0.2) is 0 Å². The standard InChI is InChI=1S/C15H26N2O/c1-5-17(6-2)12-11-16-13(3)14-7-9-15(18-4)10-8-14/h7-10,13,16H,5-6,11-12H2,1-4H3/t13-/m0/s1. The van der Waals surface area contributed by atoms with Crippen LogP contribution in [-0.4, -0.2) is 38.2 Å². The van der Waals surface area contributed by atoms with Crippen molar-refractivity contribution in [3.63, 3.8) is 0 Å². The van der Waals surface area contributed by atoms with Gasteiger partial charge in [-0.15, -0.1) is 0 Å². The third-order valence-electron chi connectivity index (χ3n) is 3.39. The first-order valence-corrected chi connectivity index (χ1v) is 6.80. The van der Waals surface area contributed by atoms with Crippen LogP contribution >= 0.6 is 0 Å². The summed E-state index contributed by atoms with van der Waals surface area (Å²) in [4.78, 5) is 2.42. The van der Waals surface area contributed by atoms with Gasteiger partial charge in [-0.05, 0) is 37.7 Å². The summed E-state index contributed by atoms with van der Waals surface area (Å²) < 4.78 is 5.16. The zero-order chi connectivity index (χ0) is 13.4. The fourth-order valence-corrected chi connectivity index (χ4v) is 1.99. The fourth-order valence-electron chi connectivity index (χ4n) is 1.99. The molecule has 0 unspecified atom stereocenters. The number of hydrogen-bond acceptors (Lipinski definition) is 3. The largest absolute Gasteiger partial charge is 0.497 e. The van der Waals surface area contributed by atoms with Gasteiger partial charge in [0.2, 0.25) is 0 Å². The van der Waals surface area contributed by atoms with Gasteiger partial charge in [0.25, 0.3) is 0 Å². The third kappa shape index (κ3) is 4.67. The van der Waals surface area contributed by atoms with Crippen molar-refractivity contribution in [1.82, 2.24) is 10.2 Å². The van der Waals surface area contributed by atoms with E-state index in [1.807, 2.05) is 12.1 Å². The molecule has 0 heterocycles. The maximum atomic E-state index is 5.16. The Labute approximate surface area is 111 Å². The summed E-state index contributed by atoms with van der Waals surface area (Å²) in [7, 11) is 1.70. The first kappa shape index (κ1) is 15.0. The highest BCUT2D eigenvalue weighted by molar-refractivity contribution is 5.28. The molecular weight excluding hydrogens is 224 g/mol. The normalized spacial score (nSPS) is 12.7. The number of nitrogens with zero attached hydrogens (tertiary/aromatic N) is 1. The Morgan fingerprint density at radius 1 is 1.17 bits per heavy atom. The Morgan fingerprint density at radius 2 is 1.78 bits per heavy atom. The molecule has 1 aromatic carbocycles. The predicted octanol–water partition coefficient (Wildman–Crippen LogP) is 2.69. The minimum Gasteiger partial charge on any atom is -0.497 e. The molecule has 0 saturated carbocycles. The summed E-state index contributed by atoms with van der Waals surface area (Å²) in [5.74, 6) is 0.911. The summed E-state index contributed by atoms with van der Waals surface area (Å²) in [5, 5.41) is 3.55. The molecule has 0 aromatic heterocycles. The number of likely N-dealkylation sites (N-methyl/N-ethyl adjacent to an activating group) is 1. The molecule has 18 heavy (non-hydrogen) atoms. The zero-order valence-electron chi connectivity index (χ0n) is 12.1. The van der Waals surface area contributed by atoms with Crippen LogP contribution in [0.2, 0.25) is 0 Å². The van der Waals surface area contributed by atoms with Gasteiger partial charge in [-0.1, -0.05) is 26.0 Å². The molecule has 0 radical (unpaired) electrons. The lowest BCUT2D eigenvalue weighted by atomic mass is 10.1. The number of rotatable bonds is 8. The van der Waals surface area contributed by atoms with Crippen molar-refractivity contribution in [2.45, 2.75) is 26.8 Å². The van der Waals surface area contributed by atoms with Crippen molar-refractivity contribution < 1.29 is 4.74 Å². The molecule has 0 saturated heterocycles. The highest BCUT2D eigenvalue weighted by Gasteiger charge is 2.05. The summed E-state index contributed by atoms with van der Waals surface area (Å²) in [6.07, 6.45) is 0. The van der Waals surface area contributed by atoms with E-state index in [1.165, 1.54) is 5.56 Å². The van der Waals surface area contributed by atoms with E-state index in [9.17, 15) is 0 Å². The van der Waals surface area contributed by atoms with E-state index in [-0.39, 0.29) is 0 Å². The van der Waals surface area contributed by atoms with Crippen molar-refractivity contribution in [1.29, 1.82) is 0 Å². The van der Waals surface area contributed by atoms with Gasteiger partial charge in [0.1, 0.15) is 5.75 Å². The lowest BCUT2D eigenvalue weighted by molar-refractivity contribution is 0.298. The Balaban J connectivity index is 2.37. The molecule has 0 aliphatic carbocycles. The maximum absolute atomic E-state index is 5.16. The van der Waals surface area contributed by atoms with Gasteiger partial charge in [0, 0.05) is 19.1 Å². The molecular formula is C15H26N2O. The second kappa shape index (κ2) is 8.11. The van der Waals surface area contributed by atoms with Gasteiger partial charge in [-0.25, -0.2) is 0 Å². The minimum atomic E-state index is 0.381. The van der Waals surface area contributed by atoms with E-state index in [4.69, 9.17) is 4.74 Å². The molecule has 1 rings (SSSR count). The van der Waals surface area contributed by atoms with Crippen molar-refractivity contribution in [2.24, 2.45) is 0 Å². The molecule has 0 aliphatic rings. The van der Waals surface area contributed by atoms with Crippen molar-refractivity contribution in [3.8, 4) is 5.75 Å². The van der Waals surface area contributed by atoms with Crippen LogP contribution in [-0.2, 0) is 0 Å². The number of hydrogen-bond donors (Lipinski definition) is 1. The topological polar surface area (TPSA) is 24.5 Å². The number of nitrogens with one attached hydrogen (secondary N) is 1. The van der Waals surface area contributed by atoms with E-state index in [1.54, 1.807) is 7.11 Å². The summed E-state index contributed by atoms with van der Waals surface area (Å²) >= 11 is 0. The molecule has 0 aliphatic heterocycles. The Bertz CT molecular complexity index is 320. The molecule has 1 N–H and O–H groups in total. The van der Waals surface area contributed by atoms with E-state index in [2.05, 4.69) is 43.1 Å². The smallest absolute Gasteiger partial charge is 0.118 e. The molecule has 102 valence electrons. The maximum Gasteiger partial charge on any atom is 0.118 e. The first-order valence-electron chi connectivity index (χ1n) is 6.80. The first-order chi connectivity index (χ1) is 8.71. The van der Waals surface area contributed by atoms with Crippen LogP contribution in [0.15, 0.2) is 24.3 Å². The Kier molecular flexibility index (Phi) is 6.76. The van der Waals surface area contributed by atoms with Crippen LogP contribution in [0.3, 0.4) is 0 Å². The van der Waals surface area contributed by atoms with Crippen LogP contribution in [0.5, 0.6) is 5.75 Å². The molecule has 0 bridgehead atoms. The van der Waals surface area contributed by atoms with E-state index in [0.717, 1.165) is 31.9 Å². The van der Waals surface area contributed by atoms with Gasteiger partial charge >= 0.3 is 0 Å². The summed E-state index contributed by atoms with van der Waals surface area (Å²) in [5.41, 5.74) is 1.30. The van der Waals surface area contributed by atoms with Crippen molar-refractivity contribution in [3.05, 3.63) is 29.8 Å². The van der Waals surface area contributed by atoms with E-state index < -0.39 is 0 Å². The Morgan fingerprint density at radius 3 is 2.28 bits per heavy atom. The van der Waals surface area contributed by atoms with Crippen LogP contribution in [0.25, 0.3) is 0 Å². The average molecular weight is 250 g/mol. The molecule has 0 amide bonds. The minimum absolute atomic E-state index is 0.381. The lowest BCUT2D eigenvalue weighted by Crippen LogP contribution is -2.33. The van der Waals surface area contributed by atoms with Crippen LogP contribution in [0.4, 0.5) is 0 Å². The number of ether oxygens (including phenoxy) is 1. The Hall–Kier alpha value is -1.06. The van der Waals surface area contributed by atoms with Gasteiger partial charge in [0.05, 0.1) is 7.11 Å². The summed E-state index contributed by atoms with van der Waals surface area (Å²) in [6, 6.07) is 8.64.